The Bertz CT molecular complexity index is 462. The fourth-order valence-electron chi connectivity index (χ4n) is 1.64. The van der Waals surface area contributed by atoms with Gasteiger partial charge in [0.1, 0.15) is 6.33 Å². The van der Waals surface area contributed by atoms with E-state index in [4.69, 9.17) is 0 Å². The number of hydrogen-bond donors (Lipinski definition) is 1. The molecule has 1 unspecified atom stereocenters. The van der Waals surface area contributed by atoms with Crippen LogP contribution in [0.3, 0.4) is 0 Å². The molecule has 84 valence electrons. The summed E-state index contributed by atoms with van der Waals surface area (Å²) in [7, 11) is 1.94. The summed E-state index contributed by atoms with van der Waals surface area (Å²) in [6.45, 7) is 4.15. The molecule has 0 fully saturated rings. The van der Waals surface area contributed by atoms with Gasteiger partial charge in [-0.05, 0) is 20.9 Å². The molecule has 0 spiro atoms. The Hall–Kier alpha value is -1.75. The molecule has 2 aromatic heterocycles. The third kappa shape index (κ3) is 1.81. The average Bonchev–Trinajstić information content (AvgIpc) is 2.71. The van der Waals surface area contributed by atoms with Crippen LogP contribution in [0.1, 0.15) is 24.2 Å². The van der Waals surface area contributed by atoms with Crippen molar-refractivity contribution in [2.45, 2.75) is 19.9 Å². The fourth-order valence-corrected chi connectivity index (χ4v) is 1.64. The summed E-state index contributed by atoms with van der Waals surface area (Å²) < 4.78 is 1.82. The van der Waals surface area contributed by atoms with Crippen molar-refractivity contribution in [1.29, 1.82) is 0 Å². The second-order valence-electron chi connectivity index (χ2n) is 3.68. The van der Waals surface area contributed by atoms with Crippen molar-refractivity contribution < 1.29 is 0 Å². The number of nitrogens with one attached hydrogen (secondary N) is 1. The molecule has 5 heteroatoms. The molecule has 0 saturated heterocycles. The van der Waals surface area contributed by atoms with Gasteiger partial charge in [0.2, 0.25) is 0 Å². The van der Waals surface area contributed by atoms with Crippen molar-refractivity contribution in [1.82, 2.24) is 25.1 Å². The summed E-state index contributed by atoms with van der Waals surface area (Å²) in [5.74, 6) is 0.794. The standard InChI is InChI=1S/C11H15N5/c1-8(12-3)10-6-15-16(9(10)2)11-4-5-13-7-14-11/h4-8,12H,1-3H3. The van der Waals surface area contributed by atoms with Crippen molar-refractivity contribution in [3.63, 3.8) is 0 Å². The Morgan fingerprint density at radius 2 is 2.25 bits per heavy atom. The van der Waals surface area contributed by atoms with E-state index in [0.29, 0.717) is 0 Å². The van der Waals surface area contributed by atoms with Crippen LogP contribution in [0.2, 0.25) is 0 Å². The zero-order chi connectivity index (χ0) is 11.5. The molecule has 0 aliphatic carbocycles. The molecule has 0 aliphatic rings. The molecule has 0 bridgehead atoms. The van der Waals surface area contributed by atoms with E-state index >= 15 is 0 Å². The van der Waals surface area contributed by atoms with Gasteiger partial charge in [-0.3, -0.25) is 0 Å². The van der Waals surface area contributed by atoms with E-state index in [-0.39, 0.29) is 6.04 Å². The predicted octanol–water partition coefficient (Wildman–Crippen LogP) is 1.25. The van der Waals surface area contributed by atoms with Crippen LogP contribution in [0.25, 0.3) is 5.82 Å². The molecular weight excluding hydrogens is 202 g/mol. The maximum atomic E-state index is 4.34. The van der Waals surface area contributed by atoms with Crippen molar-refractivity contribution in [3.05, 3.63) is 36.0 Å². The van der Waals surface area contributed by atoms with Crippen LogP contribution in [0, 0.1) is 6.92 Å². The third-order valence-electron chi connectivity index (χ3n) is 2.73. The number of hydrogen-bond acceptors (Lipinski definition) is 4. The Balaban J connectivity index is 2.41. The van der Waals surface area contributed by atoms with Gasteiger partial charge in [-0.1, -0.05) is 0 Å². The normalized spacial score (nSPS) is 12.7. The first-order valence-corrected chi connectivity index (χ1v) is 5.22. The van der Waals surface area contributed by atoms with Gasteiger partial charge in [0.05, 0.1) is 6.20 Å². The van der Waals surface area contributed by atoms with E-state index in [9.17, 15) is 0 Å². The molecular formula is C11H15N5. The molecule has 0 aliphatic heterocycles. The summed E-state index contributed by atoms with van der Waals surface area (Å²) in [6.07, 6.45) is 5.11. The molecule has 0 radical (unpaired) electrons. The number of rotatable bonds is 3. The van der Waals surface area contributed by atoms with Crippen LogP contribution >= 0.6 is 0 Å². The van der Waals surface area contributed by atoms with Gasteiger partial charge in [-0.2, -0.15) is 5.10 Å². The lowest BCUT2D eigenvalue weighted by Gasteiger charge is -2.09. The summed E-state index contributed by atoms with van der Waals surface area (Å²) >= 11 is 0. The minimum atomic E-state index is 0.288. The van der Waals surface area contributed by atoms with E-state index in [0.717, 1.165) is 11.5 Å². The van der Waals surface area contributed by atoms with Gasteiger partial charge >= 0.3 is 0 Å². The summed E-state index contributed by atoms with van der Waals surface area (Å²) in [6, 6.07) is 2.13. The molecule has 16 heavy (non-hydrogen) atoms. The lowest BCUT2D eigenvalue weighted by atomic mass is 10.1. The molecule has 2 heterocycles. The molecule has 5 nitrogen and oxygen atoms in total. The molecule has 1 N–H and O–H groups in total. The lowest BCUT2D eigenvalue weighted by molar-refractivity contribution is 0.647. The van der Waals surface area contributed by atoms with Gasteiger partial charge in [0.15, 0.2) is 5.82 Å². The molecule has 0 aromatic carbocycles. The third-order valence-corrected chi connectivity index (χ3v) is 2.73. The molecule has 0 saturated carbocycles. The van der Waals surface area contributed by atoms with Crippen LogP contribution in [-0.2, 0) is 0 Å². The van der Waals surface area contributed by atoms with E-state index in [1.807, 2.05) is 30.9 Å². The second-order valence-corrected chi connectivity index (χ2v) is 3.68. The Morgan fingerprint density at radius 3 is 2.88 bits per heavy atom. The SMILES string of the molecule is CNC(C)c1cnn(-c2ccncn2)c1C. The lowest BCUT2D eigenvalue weighted by Crippen LogP contribution is -2.13. The summed E-state index contributed by atoms with van der Waals surface area (Å²) in [4.78, 5) is 8.07. The monoisotopic (exact) mass is 217 g/mol. The van der Waals surface area contributed by atoms with Crippen LogP contribution in [0.4, 0.5) is 0 Å². The summed E-state index contributed by atoms with van der Waals surface area (Å²) in [5, 5.41) is 7.54. The number of aromatic nitrogens is 4. The zero-order valence-corrected chi connectivity index (χ0v) is 9.68. The quantitative estimate of drug-likeness (QED) is 0.840. The Morgan fingerprint density at radius 1 is 1.44 bits per heavy atom. The largest absolute Gasteiger partial charge is 0.313 e. The second kappa shape index (κ2) is 4.40. The minimum absolute atomic E-state index is 0.288. The van der Waals surface area contributed by atoms with Crippen LogP contribution in [0.15, 0.2) is 24.8 Å². The zero-order valence-electron chi connectivity index (χ0n) is 9.68. The molecule has 1 atom stereocenters. The highest BCUT2D eigenvalue weighted by Gasteiger charge is 2.12. The van der Waals surface area contributed by atoms with Crippen molar-refractivity contribution in [2.24, 2.45) is 0 Å². The van der Waals surface area contributed by atoms with E-state index in [1.54, 1.807) is 6.20 Å². The Labute approximate surface area is 94.5 Å². The van der Waals surface area contributed by atoms with E-state index in [2.05, 4.69) is 27.3 Å². The average molecular weight is 217 g/mol. The van der Waals surface area contributed by atoms with Gasteiger partial charge in [0.25, 0.3) is 0 Å². The first-order valence-electron chi connectivity index (χ1n) is 5.22. The number of nitrogens with zero attached hydrogens (tertiary/aromatic N) is 4. The van der Waals surface area contributed by atoms with Crippen molar-refractivity contribution in [3.8, 4) is 5.82 Å². The maximum Gasteiger partial charge on any atom is 0.156 e. The van der Waals surface area contributed by atoms with Gasteiger partial charge in [0, 0.05) is 29.6 Å². The highest BCUT2D eigenvalue weighted by atomic mass is 15.3. The van der Waals surface area contributed by atoms with Crippen LogP contribution in [0.5, 0.6) is 0 Å². The minimum Gasteiger partial charge on any atom is -0.313 e. The van der Waals surface area contributed by atoms with Gasteiger partial charge < -0.3 is 5.32 Å². The van der Waals surface area contributed by atoms with Gasteiger partial charge in [-0.15, -0.1) is 0 Å². The van der Waals surface area contributed by atoms with E-state index in [1.165, 1.54) is 11.9 Å². The summed E-state index contributed by atoms with van der Waals surface area (Å²) in [5.41, 5.74) is 2.28. The highest BCUT2D eigenvalue weighted by Crippen LogP contribution is 2.18. The fraction of sp³-hybridized carbons (Fsp3) is 0.364. The van der Waals surface area contributed by atoms with E-state index < -0.39 is 0 Å². The Kier molecular flexibility index (Phi) is 2.96. The first kappa shape index (κ1) is 10.8. The smallest absolute Gasteiger partial charge is 0.156 e. The van der Waals surface area contributed by atoms with Crippen LogP contribution in [-0.4, -0.2) is 26.8 Å². The van der Waals surface area contributed by atoms with Gasteiger partial charge in [-0.25, -0.2) is 14.6 Å². The highest BCUT2D eigenvalue weighted by molar-refractivity contribution is 5.28. The van der Waals surface area contributed by atoms with Crippen molar-refractivity contribution >= 4 is 0 Å². The molecule has 2 rings (SSSR count). The molecule has 2 aromatic rings. The predicted molar refractivity (Wildman–Crippen MR) is 61.4 cm³/mol. The maximum absolute atomic E-state index is 4.34. The van der Waals surface area contributed by atoms with Crippen LogP contribution < -0.4 is 5.32 Å². The van der Waals surface area contributed by atoms with Crippen molar-refractivity contribution in [2.75, 3.05) is 7.05 Å². The first-order chi connectivity index (χ1) is 7.74. The molecule has 0 amide bonds. The topological polar surface area (TPSA) is 55.6 Å².